The molecule has 0 aliphatic heterocycles. The van der Waals surface area contributed by atoms with Crippen molar-refractivity contribution >= 4 is 29.3 Å². The van der Waals surface area contributed by atoms with Crippen LogP contribution in [0.4, 0.5) is 0 Å². The first kappa shape index (κ1) is 30.9. The molecule has 0 radical (unpaired) electrons. The Labute approximate surface area is 194 Å². The van der Waals surface area contributed by atoms with Crippen LogP contribution >= 0.6 is 0 Å². The molecule has 30 heavy (non-hydrogen) atoms. The zero-order valence-electron chi connectivity index (χ0n) is 18.4. The number of benzene rings is 1. The second-order valence-electron chi connectivity index (χ2n) is 7.76. The highest BCUT2D eigenvalue weighted by molar-refractivity contribution is 5.87. The number of rotatable bonds is 17. The monoisotopic (exact) mass is 436 g/mol. The average molecular weight is 437 g/mol. The van der Waals surface area contributed by atoms with Crippen molar-refractivity contribution in [3.63, 3.8) is 0 Å². The van der Waals surface area contributed by atoms with Gasteiger partial charge in [-0.3, -0.25) is 4.79 Å². The van der Waals surface area contributed by atoms with Gasteiger partial charge in [0.15, 0.2) is 17.4 Å². The number of aliphatic carboxylic acids is 1. The Morgan fingerprint density at radius 3 is 1.30 bits per heavy atom. The first-order valence-electron chi connectivity index (χ1n) is 11.6. The second-order valence-corrected chi connectivity index (χ2v) is 7.76. The van der Waals surface area contributed by atoms with Crippen LogP contribution in [0.3, 0.4) is 0 Å². The third kappa shape index (κ3) is 23.0. The lowest BCUT2D eigenvalue weighted by Crippen LogP contribution is -1.93. The van der Waals surface area contributed by atoms with E-state index < -0.39 is 11.9 Å². The van der Waals surface area contributed by atoms with Crippen LogP contribution in [0.1, 0.15) is 120 Å². The Kier molecular flexibility index (Phi) is 24.7. The van der Waals surface area contributed by atoms with Gasteiger partial charge >= 0.3 is 11.9 Å². The number of unbranched alkanes of at least 4 members (excludes halogenated alkanes) is 14. The van der Waals surface area contributed by atoms with Crippen molar-refractivity contribution in [1.29, 1.82) is 0 Å². The minimum absolute atomic E-state index is 0. The van der Waals surface area contributed by atoms with E-state index in [9.17, 15) is 9.59 Å². The molecule has 0 heterocycles. The van der Waals surface area contributed by atoms with Crippen LogP contribution in [-0.4, -0.2) is 39.5 Å². The number of aromatic carboxylic acids is 1. The van der Waals surface area contributed by atoms with Crippen LogP contribution < -0.4 is 0 Å². The predicted octanol–water partition coefficient (Wildman–Crippen LogP) is 6.53. The highest BCUT2D eigenvalue weighted by Crippen LogP contribution is 2.13. The number of carboxylic acids is 2. The van der Waals surface area contributed by atoms with Crippen molar-refractivity contribution < 1.29 is 19.8 Å². The molecule has 0 aromatic heterocycles. The van der Waals surface area contributed by atoms with Crippen molar-refractivity contribution in [2.24, 2.45) is 0 Å². The smallest absolute Gasteiger partial charge is 0.335 e. The highest BCUT2D eigenvalue weighted by Gasteiger charge is 1.97. The van der Waals surface area contributed by atoms with Gasteiger partial charge in [0.05, 0.1) is 5.56 Å². The van der Waals surface area contributed by atoms with Gasteiger partial charge in [-0.15, -0.1) is 0 Å². The second kappa shape index (κ2) is 24.0. The molecule has 0 bridgehead atoms. The van der Waals surface area contributed by atoms with Crippen molar-refractivity contribution in [2.45, 2.75) is 110 Å². The molecule has 0 unspecified atom stereocenters. The van der Waals surface area contributed by atoms with E-state index in [2.05, 4.69) is 6.92 Å². The lowest BCUT2D eigenvalue weighted by Gasteiger charge is -2.03. The number of carboxylic acid groups (broad SMARTS) is 2. The van der Waals surface area contributed by atoms with Gasteiger partial charge in [0, 0.05) is 6.42 Å². The SMILES string of the molecule is CCCCCCCCCCCCCCCCCC(=O)O.O=C(O)c1ccccc1.[AlH3]. The molecule has 0 saturated carbocycles. The van der Waals surface area contributed by atoms with Crippen LogP contribution in [0.2, 0.25) is 0 Å². The Hall–Kier alpha value is -1.31. The first-order chi connectivity index (χ1) is 14.1. The van der Waals surface area contributed by atoms with E-state index in [1.807, 2.05) is 0 Å². The third-order valence-corrected chi connectivity index (χ3v) is 5.01. The molecule has 0 fully saturated rings. The molecule has 1 aromatic carbocycles. The minimum Gasteiger partial charge on any atom is -0.481 e. The van der Waals surface area contributed by atoms with Gasteiger partial charge in [0.25, 0.3) is 0 Å². The normalized spacial score (nSPS) is 9.90. The van der Waals surface area contributed by atoms with Crippen molar-refractivity contribution in [1.82, 2.24) is 0 Å². The van der Waals surface area contributed by atoms with Gasteiger partial charge in [-0.2, -0.15) is 0 Å². The molecule has 0 saturated heterocycles. The molecule has 1 rings (SSSR count). The molecule has 0 spiro atoms. The van der Waals surface area contributed by atoms with E-state index in [0.29, 0.717) is 12.0 Å². The molecular weight excluding hydrogens is 391 g/mol. The standard InChI is InChI=1S/C18H36O2.C7H6O2.Al.3H/c1-2-3-4-5-6-7-8-9-10-11-12-13-14-15-16-17-18(19)20;8-7(9)6-4-2-1-3-5-6;;;;/h2-17H2,1H3,(H,19,20);1-5H,(H,8,9);;;;. The summed E-state index contributed by atoms with van der Waals surface area (Å²) in [6.45, 7) is 2.27. The Balaban J connectivity index is 0. The van der Waals surface area contributed by atoms with E-state index in [0.717, 1.165) is 12.8 Å². The number of hydrogen-bond acceptors (Lipinski definition) is 2. The Morgan fingerprint density at radius 2 is 1.00 bits per heavy atom. The van der Waals surface area contributed by atoms with E-state index in [1.165, 1.54) is 83.5 Å². The fourth-order valence-corrected chi connectivity index (χ4v) is 3.23. The average Bonchev–Trinajstić information content (AvgIpc) is 2.72. The summed E-state index contributed by atoms with van der Waals surface area (Å²) < 4.78 is 0. The zero-order valence-corrected chi connectivity index (χ0v) is 18.4. The fourth-order valence-electron chi connectivity index (χ4n) is 3.23. The molecule has 0 aliphatic carbocycles. The van der Waals surface area contributed by atoms with E-state index in [4.69, 9.17) is 10.2 Å². The van der Waals surface area contributed by atoms with Crippen molar-refractivity contribution in [3.8, 4) is 0 Å². The summed E-state index contributed by atoms with van der Waals surface area (Å²) in [5.74, 6) is -1.53. The maximum absolute atomic E-state index is 10.3. The summed E-state index contributed by atoms with van der Waals surface area (Å²) in [5, 5.41) is 16.9. The molecular formula is C25H45AlO4. The van der Waals surface area contributed by atoms with Gasteiger partial charge in [-0.05, 0) is 18.6 Å². The first-order valence-corrected chi connectivity index (χ1v) is 11.6. The van der Waals surface area contributed by atoms with Crippen LogP contribution in [0, 0.1) is 0 Å². The Morgan fingerprint density at radius 1 is 0.633 bits per heavy atom. The van der Waals surface area contributed by atoms with Crippen molar-refractivity contribution in [2.75, 3.05) is 0 Å². The van der Waals surface area contributed by atoms with Gasteiger partial charge in [-0.25, -0.2) is 4.79 Å². The summed E-state index contributed by atoms with van der Waals surface area (Å²) in [5.41, 5.74) is 0.331. The lowest BCUT2D eigenvalue weighted by atomic mass is 10.0. The molecule has 172 valence electrons. The van der Waals surface area contributed by atoms with Crippen LogP contribution in [0.5, 0.6) is 0 Å². The summed E-state index contributed by atoms with van der Waals surface area (Å²) in [4.78, 5) is 20.5. The summed E-state index contributed by atoms with van der Waals surface area (Å²) in [6.07, 6.45) is 20.2. The highest BCUT2D eigenvalue weighted by atomic mass is 27.0. The Bertz CT molecular complexity index is 505. The molecule has 4 nitrogen and oxygen atoms in total. The van der Waals surface area contributed by atoms with Gasteiger partial charge in [0.1, 0.15) is 0 Å². The molecule has 0 aliphatic rings. The van der Waals surface area contributed by atoms with Crippen molar-refractivity contribution in [3.05, 3.63) is 35.9 Å². The topological polar surface area (TPSA) is 74.6 Å². The fraction of sp³-hybridized carbons (Fsp3) is 0.680. The zero-order chi connectivity index (χ0) is 21.6. The van der Waals surface area contributed by atoms with Crippen LogP contribution in [0.15, 0.2) is 30.3 Å². The quantitative estimate of drug-likeness (QED) is 0.215. The van der Waals surface area contributed by atoms with Crippen LogP contribution in [-0.2, 0) is 4.79 Å². The van der Waals surface area contributed by atoms with Crippen LogP contribution in [0.25, 0.3) is 0 Å². The van der Waals surface area contributed by atoms with Gasteiger partial charge in [0.2, 0.25) is 0 Å². The van der Waals surface area contributed by atoms with Gasteiger partial charge < -0.3 is 10.2 Å². The third-order valence-electron chi connectivity index (χ3n) is 5.01. The van der Waals surface area contributed by atoms with E-state index in [1.54, 1.807) is 30.3 Å². The molecule has 0 atom stereocenters. The number of carbonyl (C=O) groups is 2. The maximum atomic E-state index is 10.3. The largest absolute Gasteiger partial charge is 0.481 e. The van der Waals surface area contributed by atoms with E-state index in [-0.39, 0.29) is 17.4 Å². The summed E-state index contributed by atoms with van der Waals surface area (Å²) in [7, 11) is 0. The number of hydrogen-bond donors (Lipinski definition) is 2. The summed E-state index contributed by atoms with van der Waals surface area (Å²) >= 11 is 0. The molecule has 5 heteroatoms. The minimum atomic E-state index is -0.879. The molecule has 2 N–H and O–H groups in total. The molecule has 1 aromatic rings. The predicted molar refractivity (Wildman–Crippen MR) is 131 cm³/mol. The lowest BCUT2D eigenvalue weighted by molar-refractivity contribution is -0.137. The summed E-state index contributed by atoms with van der Waals surface area (Å²) in [6, 6.07) is 8.30. The molecule has 0 amide bonds. The maximum Gasteiger partial charge on any atom is 0.335 e. The van der Waals surface area contributed by atoms with E-state index >= 15 is 0 Å². The van der Waals surface area contributed by atoms with Gasteiger partial charge in [-0.1, -0.05) is 115 Å².